The van der Waals surface area contributed by atoms with E-state index in [1.165, 1.54) is 9.87 Å². The molecular weight excluding hydrogens is 452 g/mol. The van der Waals surface area contributed by atoms with Crippen LogP contribution in [0.4, 0.5) is 11.4 Å². The second-order valence-corrected chi connectivity index (χ2v) is 11.0. The maximum Gasteiger partial charge on any atom is 0.236 e. The molecule has 0 aromatic heterocycles. The molecule has 0 saturated carbocycles. The van der Waals surface area contributed by atoms with Gasteiger partial charge in [0.15, 0.2) is 0 Å². The molecule has 9 heteroatoms. The molecule has 0 aliphatic carbocycles. The number of anilines is 2. The standard InChI is InChI=1S/C25H34N4O4S/c1-20-4-3-5-23(18-20)28-14-16-29(17-15-28)34(31,32)19-25(30)26-21-10-12-27(13-11-21)22-6-8-24(33-2)9-7-22/h3-9,18,21H,10-17,19H2,1-2H3,(H,26,30). The first-order chi connectivity index (χ1) is 16.3. The smallest absolute Gasteiger partial charge is 0.236 e. The number of ether oxygens (including phenoxy) is 1. The van der Waals surface area contributed by atoms with Crippen molar-refractivity contribution in [3.05, 3.63) is 54.1 Å². The van der Waals surface area contributed by atoms with E-state index in [1.54, 1.807) is 7.11 Å². The number of methoxy groups -OCH3 is 1. The molecule has 0 radical (unpaired) electrons. The van der Waals surface area contributed by atoms with Gasteiger partial charge in [-0.3, -0.25) is 4.79 Å². The molecule has 0 unspecified atom stereocenters. The molecule has 4 rings (SSSR count). The Morgan fingerprint density at radius 1 is 0.941 bits per heavy atom. The molecule has 8 nitrogen and oxygen atoms in total. The number of hydrogen-bond donors (Lipinski definition) is 1. The van der Waals surface area contributed by atoms with Crippen LogP contribution < -0.4 is 19.9 Å². The Morgan fingerprint density at radius 3 is 2.21 bits per heavy atom. The third kappa shape index (κ3) is 6.01. The third-order valence-corrected chi connectivity index (χ3v) is 8.39. The average molecular weight is 487 g/mol. The van der Waals surface area contributed by atoms with Crippen molar-refractivity contribution in [1.29, 1.82) is 0 Å². The van der Waals surface area contributed by atoms with E-state index in [1.807, 2.05) is 49.4 Å². The van der Waals surface area contributed by atoms with Crippen molar-refractivity contribution in [2.45, 2.75) is 25.8 Å². The van der Waals surface area contributed by atoms with Crippen molar-refractivity contribution in [2.24, 2.45) is 0 Å². The number of nitrogens with zero attached hydrogens (tertiary/aromatic N) is 3. The fourth-order valence-electron chi connectivity index (χ4n) is 4.65. The average Bonchev–Trinajstić information content (AvgIpc) is 2.84. The SMILES string of the molecule is COc1ccc(N2CCC(NC(=O)CS(=O)(=O)N3CCN(c4cccc(C)c4)CC3)CC2)cc1. The van der Waals surface area contributed by atoms with Gasteiger partial charge in [-0.2, -0.15) is 4.31 Å². The van der Waals surface area contributed by atoms with E-state index in [9.17, 15) is 13.2 Å². The molecule has 2 fully saturated rings. The molecule has 2 saturated heterocycles. The van der Waals surface area contributed by atoms with Crippen molar-refractivity contribution < 1.29 is 17.9 Å². The monoisotopic (exact) mass is 486 g/mol. The zero-order valence-corrected chi connectivity index (χ0v) is 20.8. The number of nitrogens with one attached hydrogen (secondary N) is 1. The molecule has 2 aliphatic rings. The second-order valence-electron chi connectivity index (χ2n) is 9.01. The number of amides is 1. The maximum absolute atomic E-state index is 12.9. The van der Waals surface area contributed by atoms with Crippen LogP contribution in [0, 0.1) is 6.92 Å². The number of piperazine rings is 1. The van der Waals surface area contributed by atoms with E-state index < -0.39 is 21.7 Å². The van der Waals surface area contributed by atoms with Crippen molar-refractivity contribution in [3.63, 3.8) is 0 Å². The predicted octanol–water partition coefficient (Wildman–Crippen LogP) is 2.24. The Bertz CT molecular complexity index is 1070. The Morgan fingerprint density at radius 2 is 1.59 bits per heavy atom. The van der Waals surface area contributed by atoms with Gasteiger partial charge in [0.1, 0.15) is 11.5 Å². The molecule has 0 spiro atoms. The zero-order valence-electron chi connectivity index (χ0n) is 19.9. The summed E-state index contributed by atoms with van der Waals surface area (Å²) in [4.78, 5) is 17.0. The molecule has 0 atom stereocenters. The number of sulfonamides is 1. The molecular formula is C25H34N4O4S. The number of hydrogen-bond acceptors (Lipinski definition) is 6. The number of aryl methyl sites for hydroxylation is 1. The van der Waals surface area contributed by atoms with Crippen molar-refractivity contribution in [2.75, 3.05) is 61.9 Å². The van der Waals surface area contributed by atoms with E-state index in [0.717, 1.165) is 43.1 Å². The highest BCUT2D eigenvalue weighted by Gasteiger charge is 2.30. The molecule has 1 N–H and O–H groups in total. The van der Waals surface area contributed by atoms with Gasteiger partial charge in [-0.1, -0.05) is 12.1 Å². The molecule has 2 aliphatic heterocycles. The third-order valence-electron chi connectivity index (χ3n) is 6.61. The highest BCUT2D eigenvalue weighted by molar-refractivity contribution is 7.89. The van der Waals surface area contributed by atoms with Gasteiger partial charge >= 0.3 is 0 Å². The molecule has 2 aromatic carbocycles. The number of rotatable bonds is 7. The van der Waals surface area contributed by atoms with Gasteiger partial charge in [0.2, 0.25) is 15.9 Å². The summed E-state index contributed by atoms with van der Waals surface area (Å²) in [5.74, 6) is -0.0800. The Hall–Kier alpha value is -2.78. The van der Waals surface area contributed by atoms with Gasteiger partial charge in [-0.15, -0.1) is 0 Å². The summed E-state index contributed by atoms with van der Waals surface area (Å²) in [5, 5.41) is 2.94. The Kier molecular flexibility index (Phi) is 7.63. The lowest BCUT2D eigenvalue weighted by atomic mass is 10.0. The molecule has 184 valence electrons. The van der Waals surface area contributed by atoms with Gasteiger partial charge < -0.3 is 19.9 Å². The molecule has 2 heterocycles. The summed E-state index contributed by atoms with van der Waals surface area (Å²) in [6, 6.07) is 16.2. The summed E-state index contributed by atoms with van der Waals surface area (Å²) < 4.78 is 32.4. The topological polar surface area (TPSA) is 82.2 Å². The number of carbonyl (C=O) groups excluding carboxylic acids is 1. The lowest BCUT2D eigenvalue weighted by Crippen LogP contribution is -2.52. The van der Waals surface area contributed by atoms with Gasteiger partial charge in [0.25, 0.3) is 0 Å². The largest absolute Gasteiger partial charge is 0.497 e. The summed E-state index contributed by atoms with van der Waals surface area (Å²) in [5.41, 5.74) is 3.41. The summed E-state index contributed by atoms with van der Waals surface area (Å²) in [6.07, 6.45) is 1.57. The highest BCUT2D eigenvalue weighted by atomic mass is 32.2. The van der Waals surface area contributed by atoms with Crippen LogP contribution in [0.2, 0.25) is 0 Å². The first-order valence-corrected chi connectivity index (χ1v) is 13.4. The van der Waals surface area contributed by atoms with Crippen LogP contribution in [0.5, 0.6) is 5.75 Å². The lowest BCUT2D eigenvalue weighted by Gasteiger charge is -2.36. The van der Waals surface area contributed by atoms with Gasteiger partial charge in [0, 0.05) is 56.7 Å². The van der Waals surface area contributed by atoms with Crippen molar-refractivity contribution >= 4 is 27.3 Å². The lowest BCUT2D eigenvalue weighted by molar-refractivity contribution is -0.119. The van der Waals surface area contributed by atoms with Gasteiger partial charge in [-0.05, 0) is 61.7 Å². The van der Waals surface area contributed by atoms with Crippen LogP contribution in [-0.2, 0) is 14.8 Å². The van der Waals surface area contributed by atoms with Crippen LogP contribution in [0.25, 0.3) is 0 Å². The maximum atomic E-state index is 12.9. The minimum absolute atomic E-state index is 0.00429. The minimum Gasteiger partial charge on any atom is -0.497 e. The number of piperidine rings is 1. The fourth-order valence-corrected chi connectivity index (χ4v) is 5.97. The zero-order chi connectivity index (χ0) is 24.1. The molecule has 0 bridgehead atoms. The first kappa shape index (κ1) is 24.3. The normalized spacial score (nSPS) is 18.1. The molecule has 2 aromatic rings. The van der Waals surface area contributed by atoms with Crippen LogP contribution in [0.1, 0.15) is 18.4 Å². The summed E-state index contributed by atoms with van der Waals surface area (Å²) >= 11 is 0. The van der Waals surface area contributed by atoms with E-state index in [2.05, 4.69) is 21.2 Å². The first-order valence-electron chi connectivity index (χ1n) is 11.8. The Labute approximate surface area is 202 Å². The van der Waals surface area contributed by atoms with E-state index >= 15 is 0 Å². The minimum atomic E-state index is -3.64. The quantitative estimate of drug-likeness (QED) is 0.647. The second kappa shape index (κ2) is 10.7. The predicted molar refractivity (Wildman–Crippen MR) is 135 cm³/mol. The summed E-state index contributed by atoms with van der Waals surface area (Å²) in [7, 11) is -1.99. The van der Waals surface area contributed by atoms with E-state index in [-0.39, 0.29) is 6.04 Å². The van der Waals surface area contributed by atoms with Gasteiger partial charge in [0.05, 0.1) is 7.11 Å². The molecule has 34 heavy (non-hydrogen) atoms. The van der Waals surface area contributed by atoms with Gasteiger partial charge in [-0.25, -0.2) is 8.42 Å². The highest BCUT2D eigenvalue weighted by Crippen LogP contribution is 2.23. The molecule has 1 amide bonds. The number of carbonyl (C=O) groups is 1. The summed E-state index contributed by atoms with van der Waals surface area (Å²) in [6.45, 7) is 5.69. The van der Waals surface area contributed by atoms with E-state index in [4.69, 9.17) is 4.74 Å². The number of benzene rings is 2. The van der Waals surface area contributed by atoms with Crippen LogP contribution in [0.15, 0.2) is 48.5 Å². The Balaban J connectivity index is 1.23. The van der Waals surface area contributed by atoms with E-state index in [0.29, 0.717) is 26.2 Å². The van der Waals surface area contributed by atoms with Crippen molar-refractivity contribution in [3.8, 4) is 5.75 Å². The van der Waals surface area contributed by atoms with Crippen LogP contribution in [-0.4, -0.2) is 76.8 Å². The van der Waals surface area contributed by atoms with Crippen LogP contribution >= 0.6 is 0 Å². The van der Waals surface area contributed by atoms with Crippen molar-refractivity contribution in [1.82, 2.24) is 9.62 Å². The van der Waals surface area contributed by atoms with Crippen LogP contribution in [0.3, 0.4) is 0 Å². The fraction of sp³-hybridized carbons (Fsp3) is 0.480.